The van der Waals surface area contributed by atoms with E-state index < -0.39 is 0 Å². The van der Waals surface area contributed by atoms with Gasteiger partial charge in [0.15, 0.2) is 0 Å². The van der Waals surface area contributed by atoms with Gasteiger partial charge in [-0.25, -0.2) is 0 Å². The highest BCUT2D eigenvalue weighted by atomic mass is 13.7. The van der Waals surface area contributed by atoms with Gasteiger partial charge in [0.05, 0.1) is 0 Å². The van der Waals surface area contributed by atoms with E-state index in [-0.39, 0.29) is 0 Å². The van der Waals surface area contributed by atoms with Gasteiger partial charge in [0.2, 0.25) is 0 Å². The van der Waals surface area contributed by atoms with Crippen LogP contribution in [-0.2, 0) is 0 Å². The molecule has 0 aromatic carbocycles. The highest BCUT2D eigenvalue weighted by molar-refractivity contribution is 5.14. The van der Waals surface area contributed by atoms with Crippen molar-refractivity contribution in [1.29, 1.82) is 0 Å². The summed E-state index contributed by atoms with van der Waals surface area (Å²) in [4.78, 5) is 0. The SMILES string of the molecule is CCCC#CC=CCCC. The molecule has 0 bridgehead atoms. The van der Waals surface area contributed by atoms with Crippen molar-refractivity contribution in [2.75, 3.05) is 0 Å². The molecule has 0 unspecified atom stereocenters. The molecule has 0 rings (SSSR count). The third-order valence-electron chi connectivity index (χ3n) is 1.13. The first-order valence-corrected chi connectivity index (χ1v) is 4.05. The summed E-state index contributed by atoms with van der Waals surface area (Å²) in [7, 11) is 0. The third-order valence-corrected chi connectivity index (χ3v) is 1.13. The van der Waals surface area contributed by atoms with E-state index in [1.807, 2.05) is 6.08 Å². The number of unbranched alkanes of at least 4 members (excludes halogenated alkanes) is 2. The molecule has 0 radical (unpaired) electrons. The van der Waals surface area contributed by atoms with Gasteiger partial charge in [-0.05, 0) is 18.9 Å². The second kappa shape index (κ2) is 8.30. The molecule has 0 aliphatic heterocycles. The van der Waals surface area contributed by atoms with E-state index in [1.54, 1.807) is 0 Å². The van der Waals surface area contributed by atoms with E-state index in [9.17, 15) is 0 Å². The van der Waals surface area contributed by atoms with Crippen LogP contribution in [-0.4, -0.2) is 0 Å². The van der Waals surface area contributed by atoms with Crippen molar-refractivity contribution >= 4 is 0 Å². The van der Waals surface area contributed by atoms with Crippen LogP contribution in [0.15, 0.2) is 12.2 Å². The largest absolute Gasteiger partial charge is 0.0985 e. The molecule has 0 nitrogen and oxygen atoms in total. The van der Waals surface area contributed by atoms with Crippen molar-refractivity contribution < 1.29 is 0 Å². The second-order valence-corrected chi connectivity index (χ2v) is 2.26. The Morgan fingerprint density at radius 2 is 2.00 bits per heavy atom. The molecule has 0 aromatic rings. The Labute approximate surface area is 64.3 Å². The Balaban J connectivity index is 3.25. The molecule has 0 fully saturated rings. The smallest absolute Gasteiger partial charge is 0.00896 e. The molecule has 0 N–H and O–H groups in total. The molecule has 10 heavy (non-hydrogen) atoms. The Morgan fingerprint density at radius 1 is 1.20 bits per heavy atom. The average molecular weight is 136 g/mol. The molecule has 0 spiro atoms. The minimum atomic E-state index is 1.02. The molecule has 0 saturated heterocycles. The van der Waals surface area contributed by atoms with Crippen molar-refractivity contribution in [3.63, 3.8) is 0 Å². The van der Waals surface area contributed by atoms with Crippen molar-refractivity contribution in [3.05, 3.63) is 12.2 Å². The zero-order chi connectivity index (χ0) is 7.66. The molecule has 56 valence electrons. The van der Waals surface area contributed by atoms with E-state index >= 15 is 0 Å². The number of hydrogen-bond acceptors (Lipinski definition) is 0. The zero-order valence-electron chi connectivity index (χ0n) is 6.98. The second-order valence-electron chi connectivity index (χ2n) is 2.26. The first-order valence-electron chi connectivity index (χ1n) is 4.05. The fraction of sp³-hybridized carbons (Fsp3) is 0.600. The molecule has 0 aromatic heterocycles. The first kappa shape index (κ1) is 9.30. The lowest BCUT2D eigenvalue weighted by Crippen LogP contribution is -1.61. The predicted octanol–water partition coefficient (Wildman–Crippen LogP) is 3.15. The van der Waals surface area contributed by atoms with Gasteiger partial charge in [-0.2, -0.15) is 0 Å². The fourth-order valence-electron chi connectivity index (χ4n) is 0.565. The van der Waals surface area contributed by atoms with Gasteiger partial charge in [-0.3, -0.25) is 0 Å². The van der Waals surface area contributed by atoms with E-state index in [2.05, 4.69) is 31.8 Å². The fourth-order valence-corrected chi connectivity index (χ4v) is 0.565. The van der Waals surface area contributed by atoms with Crippen LogP contribution in [0.3, 0.4) is 0 Å². The van der Waals surface area contributed by atoms with E-state index in [0.717, 1.165) is 19.3 Å². The molecule has 0 atom stereocenters. The van der Waals surface area contributed by atoms with Crippen LogP contribution < -0.4 is 0 Å². The Hall–Kier alpha value is -0.700. The number of rotatable bonds is 3. The molecule has 0 aliphatic rings. The van der Waals surface area contributed by atoms with Crippen LogP contribution in [0.5, 0.6) is 0 Å². The number of allylic oxidation sites excluding steroid dienone is 2. The van der Waals surface area contributed by atoms with Crippen molar-refractivity contribution in [1.82, 2.24) is 0 Å². The summed E-state index contributed by atoms with van der Waals surface area (Å²) in [6.07, 6.45) is 8.64. The summed E-state index contributed by atoms with van der Waals surface area (Å²) >= 11 is 0. The van der Waals surface area contributed by atoms with Gasteiger partial charge in [-0.15, -0.1) is 0 Å². The summed E-state index contributed by atoms with van der Waals surface area (Å²) < 4.78 is 0. The van der Waals surface area contributed by atoms with Crippen LogP contribution in [0.25, 0.3) is 0 Å². The van der Waals surface area contributed by atoms with Gasteiger partial charge < -0.3 is 0 Å². The van der Waals surface area contributed by atoms with Crippen LogP contribution in [0, 0.1) is 11.8 Å². The molecule has 0 amide bonds. The highest BCUT2D eigenvalue weighted by Crippen LogP contribution is 1.87. The van der Waals surface area contributed by atoms with Gasteiger partial charge in [0, 0.05) is 6.42 Å². The average Bonchev–Trinajstić information content (AvgIpc) is 1.97. The minimum absolute atomic E-state index is 1.02. The molecule has 0 aliphatic carbocycles. The van der Waals surface area contributed by atoms with Crippen LogP contribution in [0.1, 0.15) is 39.5 Å². The van der Waals surface area contributed by atoms with Crippen LogP contribution >= 0.6 is 0 Å². The van der Waals surface area contributed by atoms with E-state index in [4.69, 9.17) is 0 Å². The van der Waals surface area contributed by atoms with E-state index in [1.165, 1.54) is 6.42 Å². The minimum Gasteiger partial charge on any atom is -0.0985 e. The normalized spacial score (nSPS) is 9.40. The molecular formula is C10H16. The van der Waals surface area contributed by atoms with Crippen molar-refractivity contribution in [3.8, 4) is 11.8 Å². The van der Waals surface area contributed by atoms with Crippen molar-refractivity contribution in [2.45, 2.75) is 39.5 Å². The standard InChI is InChI=1S/C10H16/c1-3-5-7-9-10-8-6-4-2/h7,9H,3-6H2,1-2H3. The lowest BCUT2D eigenvalue weighted by Gasteiger charge is -1.78. The zero-order valence-corrected chi connectivity index (χ0v) is 6.98. The quantitative estimate of drug-likeness (QED) is 0.523. The monoisotopic (exact) mass is 136 g/mol. The number of hydrogen-bond donors (Lipinski definition) is 0. The summed E-state index contributed by atoms with van der Waals surface area (Å²) in [5.74, 6) is 6.05. The Kier molecular flexibility index (Phi) is 7.72. The summed E-state index contributed by atoms with van der Waals surface area (Å²) in [5.41, 5.74) is 0. The lowest BCUT2D eigenvalue weighted by atomic mass is 10.3. The maximum atomic E-state index is 3.06. The Bertz CT molecular complexity index is 132. The summed E-state index contributed by atoms with van der Waals surface area (Å²) in [5, 5.41) is 0. The summed E-state index contributed by atoms with van der Waals surface area (Å²) in [6, 6.07) is 0. The van der Waals surface area contributed by atoms with E-state index in [0.29, 0.717) is 0 Å². The van der Waals surface area contributed by atoms with Gasteiger partial charge >= 0.3 is 0 Å². The highest BCUT2D eigenvalue weighted by Gasteiger charge is 1.69. The maximum absolute atomic E-state index is 3.06. The molecular weight excluding hydrogens is 120 g/mol. The maximum Gasteiger partial charge on any atom is 0.00896 e. The van der Waals surface area contributed by atoms with Gasteiger partial charge in [-0.1, -0.05) is 38.2 Å². The first-order chi connectivity index (χ1) is 4.91. The topological polar surface area (TPSA) is 0 Å². The molecule has 0 saturated carbocycles. The Morgan fingerprint density at radius 3 is 2.60 bits per heavy atom. The van der Waals surface area contributed by atoms with Crippen LogP contribution in [0.4, 0.5) is 0 Å². The summed E-state index contributed by atoms with van der Waals surface area (Å²) in [6.45, 7) is 4.31. The molecule has 0 heterocycles. The lowest BCUT2D eigenvalue weighted by molar-refractivity contribution is 0.959. The van der Waals surface area contributed by atoms with Gasteiger partial charge in [0.25, 0.3) is 0 Å². The van der Waals surface area contributed by atoms with Gasteiger partial charge in [0.1, 0.15) is 0 Å². The molecule has 0 heteroatoms. The van der Waals surface area contributed by atoms with Crippen molar-refractivity contribution in [2.24, 2.45) is 0 Å². The predicted molar refractivity (Wildman–Crippen MR) is 46.7 cm³/mol. The van der Waals surface area contributed by atoms with Crippen LogP contribution in [0.2, 0.25) is 0 Å². The third kappa shape index (κ3) is 7.30.